The van der Waals surface area contributed by atoms with Gasteiger partial charge in [0.1, 0.15) is 0 Å². The van der Waals surface area contributed by atoms with Crippen LogP contribution >= 0.6 is 0 Å². The lowest BCUT2D eigenvalue weighted by Gasteiger charge is -2.29. The summed E-state index contributed by atoms with van der Waals surface area (Å²) in [6.07, 6.45) is 15.0. The lowest BCUT2D eigenvalue weighted by molar-refractivity contribution is 0.0181. The first kappa shape index (κ1) is 18.2. The maximum Gasteiger partial charge on any atom is 0.0625 e. The fourth-order valence-corrected chi connectivity index (χ4v) is 2.92. The summed E-state index contributed by atoms with van der Waals surface area (Å²) in [5.74, 6) is 0.309. The maximum absolute atomic E-state index is 10.4. The van der Waals surface area contributed by atoms with Crippen LogP contribution in [0.4, 0.5) is 0 Å². The summed E-state index contributed by atoms with van der Waals surface area (Å²) < 4.78 is 0. The molecule has 0 bridgehead atoms. The van der Waals surface area contributed by atoms with Crippen LogP contribution in [0.3, 0.4) is 0 Å². The molecule has 1 rings (SSSR count). The third kappa shape index (κ3) is 7.66. The molecule has 21 heavy (non-hydrogen) atoms. The molecule has 0 aromatic heterocycles. The highest BCUT2D eigenvalue weighted by atomic mass is 16.3. The Labute approximate surface area is 131 Å². The molecule has 0 aromatic rings. The van der Waals surface area contributed by atoms with Crippen molar-refractivity contribution in [1.29, 1.82) is 0 Å². The van der Waals surface area contributed by atoms with Crippen molar-refractivity contribution < 1.29 is 5.11 Å². The summed E-state index contributed by atoms with van der Waals surface area (Å²) in [6, 6.07) is 0. The molecule has 120 valence electrons. The van der Waals surface area contributed by atoms with E-state index < -0.39 is 5.60 Å². The molecule has 0 spiro atoms. The van der Waals surface area contributed by atoms with Crippen molar-refractivity contribution in [3.63, 3.8) is 0 Å². The predicted octanol–water partition coefficient (Wildman–Crippen LogP) is 5.96. The molecule has 1 nitrogen and oxygen atoms in total. The van der Waals surface area contributed by atoms with Gasteiger partial charge in [-0.1, -0.05) is 34.9 Å². The van der Waals surface area contributed by atoms with Crippen LogP contribution in [-0.2, 0) is 0 Å². The molecule has 1 aliphatic rings. The van der Waals surface area contributed by atoms with E-state index in [1.54, 1.807) is 0 Å². The monoisotopic (exact) mass is 290 g/mol. The van der Waals surface area contributed by atoms with Gasteiger partial charge in [0.25, 0.3) is 0 Å². The number of hydrogen-bond acceptors (Lipinski definition) is 1. The first-order valence-electron chi connectivity index (χ1n) is 8.48. The van der Waals surface area contributed by atoms with E-state index in [0.717, 1.165) is 32.1 Å². The van der Waals surface area contributed by atoms with E-state index >= 15 is 0 Å². The molecule has 1 atom stereocenters. The van der Waals surface area contributed by atoms with Crippen molar-refractivity contribution in [1.82, 2.24) is 0 Å². The quantitative estimate of drug-likeness (QED) is 0.591. The second-order valence-electron chi connectivity index (χ2n) is 7.37. The van der Waals surface area contributed by atoms with Gasteiger partial charge in [-0.2, -0.15) is 0 Å². The molecule has 0 radical (unpaired) electrons. The third-order valence-corrected chi connectivity index (χ3v) is 4.62. The average molecular weight is 290 g/mol. The zero-order valence-electron chi connectivity index (χ0n) is 14.7. The zero-order valence-corrected chi connectivity index (χ0v) is 14.7. The van der Waals surface area contributed by atoms with Gasteiger partial charge in [-0.3, -0.25) is 0 Å². The van der Waals surface area contributed by atoms with Gasteiger partial charge in [-0.25, -0.2) is 0 Å². The Morgan fingerprint density at radius 1 is 0.905 bits per heavy atom. The minimum Gasteiger partial charge on any atom is -0.390 e. The number of rotatable bonds is 1. The molecule has 0 aliphatic heterocycles. The van der Waals surface area contributed by atoms with E-state index in [1.165, 1.54) is 29.6 Å². The highest BCUT2D eigenvalue weighted by molar-refractivity contribution is 5.08. The van der Waals surface area contributed by atoms with Crippen molar-refractivity contribution in [2.24, 2.45) is 5.92 Å². The molecule has 1 N–H and O–H groups in total. The first-order valence-corrected chi connectivity index (χ1v) is 8.48. The Balaban J connectivity index is 2.86. The van der Waals surface area contributed by atoms with Crippen LogP contribution in [0.5, 0.6) is 0 Å². The number of allylic oxidation sites excluding steroid dienone is 6. The van der Waals surface area contributed by atoms with Crippen LogP contribution in [0.2, 0.25) is 0 Å². The zero-order chi connectivity index (χ0) is 15.9. The van der Waals surface area contributed by atoms with Crippen molar-refractivity contribution in [3.05, 3.63) is 34.9 Å². The Morgan fingerprint density at radius 3 is 2.19 bits per heavy atom. The van der Waals surface area contributed by atoms with E-state index in [1.807, 2.05) is 13.8 Å². The fourth-order valence-electron chi connectivity index (χ4n) is 2.92. The smallest absolute Gasteiger partial charge is 0.0625 e. The summed E-state index contributed by atoms with van der Waals surface area (Å²) >= 11 is 0. The van der Waals surface area contributed by atoms with E-state index in [0.29, 0.717) is 5.92 Å². The van der Waals surface area contributed by atoms with Crippen LogP contribution in [0.1, 0.15) is 79.6 Å². The lowest BCUT2D eigenvalue weighted by atomic mass is 9.82. The van der Waals surface area contributed by atoms with Gasteiger partial charge in [0, 0.05) is 0 Å². The molecule has 0 amide bonds. The number of hydrogen-bond donors (Lipinski definition) is 1. The summed E-state index contributed by atoms with van der Waals surface area (Å²) in [7, 11) is 0. The maximum atomic E-state index is 10.4. The Kier molecular flexibility index (Phi) is 7.45. The van der Waals surface area contributed by atoms with Crippen LogP contribution < -0.4 is 0 Å². The molecule has 1 unspecified atom stereocenters. The Morgan fingerprint density at radius 2 is 1.52 bits per heavy atom. The van der Waals surface area contributed by atoms with Gasteiger partial charge >= 0.3 is 0 Å². The van der Waals surface area contributed by atoms with Crippen LogP contribution in [-0.4, -0.2) is 10.7 Å². The molecule has 0 saturated carbocycles. The molecule has 0 aromatic carbocycles. The number of aliphatic hydroxyl groups is 1. The van der Waals surface area contributed by atoms with E-state index in [4.69, 9.17) is 0 Å². The minimum atomic E-state index is -0.612. The topological polar surface area (TPSA) is 20.2 Å². The molecule has 1 aliphatic carbocycles. The van der Waals surface area contributed by atoms with Crippen molar-refractivity contribution in [2.45, 2.75) is 85.2 Å². The molecule has 0 heterocycles. The highest BCUT2D eigenvalue weighted by Crippen LogP contribution is 2.29. The lowest BCUT2D eigenvalue weighted by Crippen LogP contribution is -2.30. The average Bonchev–Trinajstić information content (AvgIpc) is 2.37. The summed E-state index contributed by atoms with van der Waals surface area (Å²) in [4.78, 5) is 0. The van der Waals surface area contributed by atoms with E-state index in [2.05, 4.69) is 39.0 Å². The summed E-state index contributed by atoms with van der Waals surface area (Å²) in [5.41, 5.74) is 3.79. The van der Waals surface area contributed by atoms with Crippen molar-refractivity contribution in [2.75, 3.05) is 0 Å². The van der Waals surface area contributed by atoms with Crippen LogP contribution in [0.25, 0.3) is 0 Å². The molecule has 1 heteroatoms. The Hall–Kier alpha value is -0.820. The van der Waals surface area contributed by atoms with Gasteiger partial charge in [0.2, 0.25) is 0 Å². The second kappa shape index (κ2) is 8.58. The van der Waals surface area contributed by atoms with Gasteiger partial charge in [0.15, 0.2) is 0 Å². The molecular weight excluding hydrogens is 256 g/mol. The minimum absolute atomic E-state index is 0.309. The molecule has 0 fully saturated rings. The van der Waals surface area contributed by atoms with Crippen LogP contribution in [0, 0.1) is 5.92 Å². The Bertz CT molecular complexity index is 404. The van der Waals surface area contributed by atoms with Gasteiger partial charge in [0.05, 0.1) is 5.60 Å². The molecule has 0 saturated heterocycles. The fraction of sp³-hybridized carbons (Fsp3) is 0.700. The van der Waals surface area contributed by atoms with Gasteiger partial charge in [-0.15, -0.1) is 0 Å². The van der Waals surface area contributed by atoms with Crippen molar-refractivity contribution >= 4 is 0 Å². The summed E-state index contributed by atoms with van der Waals surface area (Å²) in [6.45, 7) is 10.6. The SMILES string of the molecule is C/C1=C/CC/C(C)=C/CC(C(C)(C)O)C/C(C)=C\CCC1. The largest absolute Gasteiger partial charge is 0.390 e. The van der Waals surface area contributed by atoms with Gasteiger partial charge < -0.3 is 5.11 Å². The predicted molar refractivity (Wildman–Crippen MR) is 93.4 cm³/mol. The van der Waals surface area contributed by atoms with E-state index in [9.17, 15) is 5.11 Å². The van der Waals surface area contributed by atoms with Gasteiger partial charge in [-0.05, 0) is 85.5 Å². The second-order valence-corrected chi connectivity index (χ2v) is 7.37. The standard InChI is InChI=1S/C20H34O/c1-16-9-6-7-10-18(3)15-19(20(4,5)21)14-13-17(2)12-8-11-16/h10-11,13,19,21H,6-9,12,14-15H2,1-5H3/b16-11-,17-13+,18-10-. The van der Waals surface area contributed by atoms with Crippen LogP contribution in [0.15, 0.2) is 34.9 Å². The summed E-state index contributed by atoms with van der Waals surface area (Å²) in [5, 5.41) is 10.4. The first-order chi connectivity index (χ1) is 9.79. The normalized spacial score (nSPS) is 31.1. The molecular formula is C20H34O. The van der Waals surface area contributed by atoms with Crippen molar-refractivity contribution in [3.8, 4) is 0 Å². The van der Waals surface area contributed by atoms with E-state index in [-0.39, 0.29) is 0 Å². The third-order valence-electron chi connectivity index (χ3n) is 4.62. The highest BCUT2D eigenvalue weighted by Gasteiger charge is 2.25.